The van der Waals surface area contributed by atoms with Crippen LogP contribution in [0.1, 0.15) is 5.69 Å². The van der Waals surface area contributed by atoms with Gasteiger partial charge < -0.3 is 0 Å². The summed E-state index contributed by atoms with van der Waals surface area (Å²) in [4.78, 5) is 8.79. The van der Waals surface area contributed by atoms with Gasteiger partial charge in [-0.1, -0.05) is 48.0 Å². The van der Waals surface area contributed by atoms with Crippen molar-refractivity contribution in [2.75, 3.05) is 0 Å². The molecule has 1 heterocycles. The Balaban J connectivity index is 2.19. The van der Waals surface area contributed by atoms with E-state index in [1.54, 1.807) is 0 Å². The molecular formula is C15H10BrClN2. The summed E-state index contributed by atoms with van der Waals surface area (Å²) >= 11 is 9.46. The predicted molar refractivity (Wildman–Crippen MR) is 82.4 cm³/mol. The molecule has 4 heteroatoms. The Bertz CT molecular complexity index is 748. The Morgan fingerprint density at radius 3 is 2.47 bits per heavy atom. The molecule has 2 aromatic carbocycles. The molecule has 3 rings (SSSR count). The quantitative estimate of drug-likeness (QED) is 0.584. The molecule has 0 aliphatic heterocycles. The standard InChI is InChI=1S/C15H10BrClN2/c1-9-13(16)14(17)19-15(18-9)12-7-6-10-4-2-3-5-11(10)8-12/h2-8H,1H3. The number of halogens is 2. The maximum Gasteiger partial charge on any atom is 0.161 e. The van der Waals surface area contributed by atoms with Gasteiger partial charge in [0.15, 0.2) is 5.82 Å². The molecule has 3 aromatic rings. The molecule has 0 N–H and O–H groups in total. The summed E-state index contributed by atoms with van der Waals surface area (Å²) in [6.07, 6.45) is 0. The van der Waals surface area contributed by atoms with Crippen molar-refractivity contribution < 1.29 is 0 Å². The third kappa shape index (κ3) is 2.36. The smallest absolute Gasteiger partial charge is 0.161 e. The van der Waals surface area contributed by atoms with E-state index < -0.39 is 0 Å². The lowest BCUT2D eigenvalue weighted by atomic mass is 10.1. The van der Waals surface area contributed by atoms with Gasteiger partial charge in [0.25, 0.3) is 0 Å². The van der Waals surface area contributed by atoms with Crippen LogP contribution in [0.25, 0.3) is 22.2 Å². The van der Waals surface area contributed by atoms with Gasteiger partial charge in [-0.2, -0.15) is 0 Å². The fraction of sp³-hybridized carbons (Fsp3) is 0.0667. The summed E-state index contributed by atoms with van der Waals surface area (Å²) in [6.45, 7) is 1.90. The molecule has 0 aliphatic carbocycles. The highest BCUT2D eigenvalue weighted by atomic mass is 79.9. The fourth-order valence-corrected chi connectivity index (χ4v) is 2.38. The zero-order chi connectivity index (χ0) is 13.4. The fourth-order valence-electron chi connectivity index (χ4n) is 1.98. The van der Waals surface area contributed by atoms with Crippen LogP contribution in [0, 0.1) is 6.92 Å². The van der Waals surface area contributed by atoms with Crippen LogP contribution in [-0.2, 0) is 0 Å². The Labute approximate surface area is 124 Å². The van der Waals surface area contributed by atoms with E-state index in [1.807, 2.05) is 25.1 Å². The van der Waals surface area contributed by atoms with Crippen LogP contribution in [-0.4, -0.2) is 9.97 Å². The number of aryl methyl sites for hydroxylation is 1. The van der Waals surface area contributed by atoms with E-state index in [4.69, 9.17) is 11.6 Å². The Morgan fingerprint density at radius 2 is 1.74 bits per heavy atom. The van der Waals surface area contributed by atoms with Gasteiger partial charge in [-0.3, -0.25) is 0 Å². The van der Waals surface area contributed by atoms with Gasteiger partial charge in [0.2, 0.25) is 0 Å². The van der Waals surface area contributed by atoms with Crippen LogP contribution < -0.4 is 0 Å². The second-order valence-electron chi connectivity index (χ2n) is 4.30. The number of hydrogen-bond acceptors (Lipinski definition) is 2. The van der Waals surface area contributed by atoms with Crippen LogP contribution in [0.5, 0.6) is 0 Å². The van der Waals surface area contributed by atoms with E-state index in [0.717, 1.165) is 15.7 Å². The van der Waals surface area contributed by atoms with Crippen molar-refractivity contribution in [3.05, 3.63) is 57.8 Å². The van der Waals surface area contributed by atoms with E-state index in [9.17, 15) is 0 Å². The minimum atomic E-state index is 0.440. The number of fused-ring (bicyclic) bond motifs is 1. The highest BCUT2D eigenvalue weighted by molar-refractivity contribution is 9.10. The van der Waals surface area contributed by atoms with Gasteiger partial charge >= 0.3 is 0 Å². The summed E-state index contributed by atoms with van der Waals surface area (Å²) in [6, 6.07) is 14.4. The second-order valence-corrected chi connectivity index (χ2v) is 5.45. The van der Waals surface area contributed by atoms with Gasteiger partial charge in [0.1, 0.15) is 5.15 Å². The molecule has 0 atom stereocenters. The summed E-state index contributed by atoms with van der Waals surface area (Å²) in [5, 5.41) is 2.81. The average molecular weight is 334 g/mol. The maximum absolute atomic E-state index is 6.09. The maximum atomic E-state index is 6.09. The molecule has 0 spiro atoms. The van der Waals surface area contributed by atoms with Gasteiger partial charge in [0.05, 0.1) is 10.2 Å². The molecule has 0 bridgehead atoms. The second kappa shape index (κ2) is 4.91. The highest BCUT2D eigenvalue weighted by Gasteiger charge is 2.09. The molecule has 0 amide bonds. The molecule has 94 valence electrons. The van der Waals surface area contributed by atoms with E-state index >= 15 is 0 Å². The molecule has 1 aromatic heterocycles. The Kier molecular flexibility index (Phi) is 3.25. The molecule has 0 radical (unpaired) electrons. The zero-order valence-electron chi connectivity index (χ0n) is 10.2. The average Bonchev–Trinajstić information content (AvgIpc) is 2.43. The molecule has 0 fully saturated rings. The predicted octanol–water partition coefficient (Wildman–Crippen LogP) is 5.02. The lowest BCUT2D eigenvalue weighted by Crippen LogP contribution is -1.94. The molecular weight excluding hydrogens is 324 g/mol. The molecule has 0 aliphatic rings. The van der Waals surface area contributed by atoms with Crippen molar-refractivity contribution in [1.29, 1.82) is 0 Å². The molecule has 0 saturated heterocycles. The monoisotopic (exact) mass is 332 g/mol. The topological polar surface area (TPSA) is 25.8 Å². The summed E-state index contributed by atoms with van der Waals surface area (Å²) in [7, 11) is 0. The van der Waals surface area contributed by atoms with Crippen molar-refractivity contribution in [2.45, 2.75) is 6.92 Å². The SMILES string of the molecule is Cc1nc(-c2ccc3ccccc3c2)nc(Cl)c1Br. The minimum absolute atomic E-state index is 0.440. The first-order valence-electron chi connectivity index (χ1n) is 5.84. The van der Waals surface area contributed by atoms with Crippen molar-refractivity contribution in [3.63, 3.8) is 0 Å². The molecule has 0 unspecified atom stereocenters. The number of nitrogens with zero attached hydrogens (tertiary/aromatic N) is 2. The Morgan fingerprint density at radius 1 is 1.00 bits per heavy atom. The third-order valence-corrected chi connectivity index (χ3v) is 4.44. The first-order valence-corrected chi connectivity index (χ1v) is 7.01. The summed E-state index contributed by atoms with van der Waals surface area (Å²) in [5.74, 6) is 0.649. The van der Waals surface area contributed by atoms with Crippen LogP contribution in [0.4, 0.5) is 0 Å². The number of rotatable bonds is 1. The van der Waals surface area contributed by atoms with E-state index in [0.29, 0.717) is 11.0 Å². The van der Waals surface area contributed by atoms with E-state index in [2.05, 4.69) is 50.2 Å². The highest BCUT2D eigenvalue weighted by Crippen LogP contribution is 2.27. The van der Waals surface area contributed by atoms with Crippen LogP contribution in [0.2, 0.25) is 5.15 Å². The third-order valence-electron chi connectivity index (χ3n) is 2.98. The van der Waals surface area contributed by atoms with Crippen molar-refractivity contribution in [3.8, 4) is 11.4 Å². The lowest BCUT2D eigenvalue weighted by Gasteiger charge is -2.06. The van der Waals surface area contributed by atoms with Crippen molar-refractivity contribution >= 4 is 38.3 Å². The summed E-state index contributed by atoms with van der Waals surface area (Å²) < 4.78 is 0.749. The van der Waals surface area contributed by atoms with E-state index in [1.165, 1.54) is 10.8 Å². The number of hydrogen-bond donors (Lipinski definition) is 0. The zero-order valence-corrected chi connectivity index (χ0v) is 12.5. The first-order chi connectivity index (χ1) is 9.15. The minimum Gasteiger partial charge on any atom is -0.232 e. The normalized spacial score (nSPS) is 10.9. The van der Waals surface area contributed by atoms with E-state index in [-0.39, 0.29) is 0 Å². The van der Waals surface area contributed by atoms with Crippen molar-refractivity contribution in [2.24, 2.45) is 0 Å². The van der Waals surface area contributed by atoms with Crippen LogP contribution >= 0.6 is 27.5 Å². The van der Waals surface area contributed by atoms with Crippen LogP contribution in [0.3, 0.4) is 0 Å². The number of aromatic nitrogens is 2. The Hall–Kier alpha value is -1.45. The first kappa shape index (κ1) is 12.6. The van der Waals surface area contributed by atoms with Crippen LogP contribution in [0.15, 0.2) is 46.9 Å². The lowest BCUT2D eigenvalue weighted by molar-refractivity contribution is 1.09. The van der Waals surface area contributed by atoms with Crippen molar-refractivity contribution in [1.82, 2.24) is 9.97 Å². The largest absolute Gasteiger partial charge is 0.232 e. The molecule has 0 saturated carbocycles. The molecule has 19 heavy (non-hydrogen) atoms. The summed E-state index contributed by atoms with van der Waals surface area (Å²) in [5.41, 5.74) is 1.80. The van der Waals surface area contributed by atoms with Gasteiger partial charge in [-0.15, -0.1) is 0 Å². The van der Waals surface area contributed by atoms with Gasteiger partial charge in [0, 0.05) is 5.56 Å². The molecule has 2 nitrogen and oxygen atoms in total. The van der Waals surface area contributed by atoms with Gasteiger partial charge in [-0.25, -0.2) is 9.97 Å². The number of benzene rings is 2. The van der Waals surface area contributed by atoms with Gasteiger partial charge in [-0.05, 0) is 39.7 Å².